The smallest absolute Gasteiger partial charge is 0.260 e. The number of fused-ring (bicyclic) bond motifs is 2. The number of pyridine rings is 1. The highest BCUT2D eigenvalue weighted by atomic mass is 35.5. The molecule has 3 heterocycles. The van der Waals surface area contributed by atoms with Crippen molar-refractivity contribution in [2.45, 2.75) is 37.9 Å². The summed E-state index contributed by atoms with van der Waals surface area (Å²) in [6.45, 7) is 1.76. The second-order valence-corrected chi connectivity index (χ2v) is 11.2. The van der Waals surface area contributed by atoms with Crippen LogP contribution in [0.5, 0.6) is 0 Å². The highest BCUT2D eigenvalue weighted by Crippen LogP contribution is 2.35. The number of sulfonamides is 1. The molecule has 5 rings (SSSR count). The summed E-state index contributed by atoms with van der Waals surface area (Å²) in [6, 6.07) is 7.53. The first-order valence-electron chi connectivity index (χ1n) is 11.2. The van der Waals surface area contributed by atoms with Crippen LogP contribution in [0.15, 0.2) is 47.5 Å². The normalized spacial score (nSPS) is 18.8. The topological polar surface area (TPSA) is 153 Å². The molecule has 1 fully saturated rings. The predicted octanol–water partition coefficient (Wildman–Crippen LogP) is 2.02. The van der Waals surface area contributed by atoms with Crippen LogP contribution in [0.3, 0.4) is 0 Å². The first-order chi connectivity index (χ1) is 17.0. The van der Waals surface area contributed by atoms with Gasteiger partial charge in [0.15, 0.2) is 11.5 Å². The summed E-state index contributed by atoms with van der Waals surface area (Å²) >= 11 is 6.37. The molecule has 36 heavy (non-hydrogen) atoms. The number of halogens is 1. The largest absolute Gasteiger partial charge is 0.381 e. The molecule has 1 atom stereocenters. The third kappa shape index (κ3) is 4.31. The summed E-state index contributed by atoms with van der Waals surface area (Å²) in [4.78, 5) is 31.1. The van der Waals surface area contributed by atoms with Gasteiger partial charge in [-0.15, -0.1) is 5.10 Å². The Hall–Kier alpha value is -3.48. The van der Waals surface area contributed by atoms with E-state index in [1.54, 1.807) is 48.1 Å². The second-order valence-electron chi connectivity index (χ2n) is 9.00. The van der Waals surface area contributed by atoms with Crippen LogP contribution in [0.4, 0.5) is 5.82 Å². The van der Waals surface area contributed by atoms with E-state index in [0.29, 0.717) is 40.0 Å². The van der Waals surface area contributed by atoms with Gasteiger partial charge in [-0.2, -0.15) is 0 Å². The van der Waals surface area contributed by atoms with Crippen molar-refractivity contribution in [2.24, 2.45) is 0 Å². The lowest BCUT2D eigenvalue weighted by Gasteiger charge is -2.38. The minimum atomic E-state index is -3.37. The van der Waals surface area contributed by atoms with Gasteiger partial charge in [0, 0.05) is 30.2 Å². The quantitative estimate of drug-likeness (QED) is 0.345. The van der Waals surface area contributed by atoms with E-state index >= 15 is 0 Å². The van der Waals surface area contributed by atoms with Crippen LogP contribution in [-0.2, 0) is 10.0 Å². The van der Waals surface area contributed by atoms with E-state index in [1.165, 1.54) is 4.52 Å². The first-order valence-corrected chi connectivity index (χ1v) is 13.5. The van der Waals surface area contributed by atoms with Crippen LogP contribution >= 0.6 is 11.6 Å². The number of hydrogen-bond acceptors (Lipinski definition) is 7. The molecule has 13 heteroatoms. The Kier molecular flexibility index (Phi) is 5.97. The molecule has 1 aliphatic rings. The van der Waals surface area contributed by atoms with Crippen LogP contribution in [0.1, 0.15) is 47.9 Å². The van der Waals surface area contributed by atoms with Crippen LogP contribution in [0.2, 0.25) is 5.02 Å². The lowest BCUT2D eigenvalue weighted by atomic mass is 9.86. The van der Waals surface area contributed by atoms with E-state index < -0.39 is 22.0 Å². The molecule has 1 unspecified atom stereocenters. The van der Waals surface area contributed by atoms with Crippen molar-refractivity contribution in [1.29, 1.82) is 0 Å². The molecule has 4 N–H and O–H groups in total. The van der Waals surface area contributed by atoms with Crippen LogP contribution in [0, 0.1) is 0 Å². The Morgan fingerprint density at radius 3 is 2.75 bits per heavy atom. The monoisotopic (exact) mass is 529 g/mol. The van der Waals surface area contributed by atoms with Crippen molar-refractivity contribution in [1.82, 2.24) is 29.2 Å². The average Bonchev–Trinajstić information content (AvgIpc) is 3.11. The van der Waals surface area contributed by atoms with E-state index in [1.807, 2.05) is 6.07 Å². The minimum absolute atomic E-state index is 0.0368. The number of hydrogen-bond donors (Lipinski definition) is 3. The molecule has 0 bridgehead atoms. The molecule has 3 aromatic heterocycles. The molecule has 4 aromatic rings. The molecular weight excluding hydrogens is 506 g/mol. The number of amides is 1. The number of anilines is 1. The number of nitrogens with zero attached hydrogens (tertiary/aromatic N) is 4. The number of benzene rings is 1. The molecule has 0 saturated heterocycles. The van der Waals surface area contributed by atoms with Gasteiger partial charge in [-0.05, 0) is 43.4 Å². The molecule has 1 aliphatic carbocycles. The van der Waals surface area contributed by atoms with Gasteiger partial charge < -0.3 is 15.6 Å². The van der Waals surface area contributed by atoms with Crippen molar-refractivity contribution < 1.29 is 13.2 Å². The molecule has 188 valence electrons. The maximum absolute atomic E-state index is 13.6. The SMILES string of the molecule is CC(NC(=O)c1c(N)nn2cccnc12)c1cc2cccc(Cl)c2c(=O)n1C1CC(NS(C)(=O)=O)C1. The number of nitrogen functional groups attached to an aromatic ring is 1. The molecule has 1 amide bonds. The fourth-order valence-corrected chi connectivity index (χ4v) is 5.79. The van der Waals surface area contributed by atoms with E-state index in [2.05, 4.69) is 20.1 Å². The predicted molar refractivity (Wildman–Crippen MR) is 137 cm³/mol. The number of aromatic nitrogens is 4. The lowest BCUT2D eigenvalue weighted by Crippen LogP contribution is -2.47. The van der Waals surface area contributed by atoms with E-state index in [-0.39, 0.29) is 29.0 Å². The standard InChI is InChI=1S/C23H24ClN7O4S/c1-12(27-22(32)19-20(25)28-30-8-4-7-26-21(19)30)17-9-13-5-3-6-16(24)18(13)23(33)31(17)15-10-14(11-15)29-36(2,34)35/h3-9,12,14-15,29H,10-11H2,1-2H3,(H2,25,28)(H,27,32). The van der Waals surface area contributed by atoms with E-state index in [4.69, 9.17) is 17.3 Å². The maximum atomic E-state index is 13.6. The zero-order valence-electron chi connectivity index (χ0n) is 19.5. The minimum Gasteiger partial charge on any atom is -0.381 e. The molecule has 0 radical (unpaired) electrons. The Balaban J connectivity index is 1.53. The summed E-state index contributed by atoms with van der Waals surface area (Å²) in [5, 5.41) is 8.38. The van der Waals surface area contributed by atoms with E-state index in [0.717, 1.165) is 6.26 Å². The second kappa shape index (κ2) is 8.87. The Morgan fingerprint density at radius 1 is 1.28 bits per heavy atom. The Labute approximate surface area is 211 Å². The van der Waals surface area contributed by atoms with E-state index in [9.17, 15) is 18.0 Å². The van der Waals surface area contributed by atoms with Crippen LogP contribution < -0.4 is 21.3 Å². The fraction of sp³-hybridized carbons (Fsp3) is 0.304. The number of carbonyl (C=O) groups is 1. The average molecular weight is 530 g/mol. The van der Waals surface area contributed by atoms with Crippen LogP contribution in [0.25, 0.3) is 16.4 Å². The van der Waals surface area contributed by atoms with Gasteiger partial charge in [0.1, 0.15) is 5.56 Å². The van der Waals surface area contributed by atoms with Crippen molar-refractivity contribution in [3.05, 3.63) is 69.4 Å². The van der Waals surface area contributed by atoms with Gasteiger partial charge in [-0.25, -0.2) is 22.6 Å². The van der Waals surface area contributed by atoms with Gasteiger partial charge >= 0.3 is 0 Å². The Bertz CT molecular complexity index is 1680. The van der Waals surface area contributed by atoms with Crippen molar-refractivity contribution in [2.75, 3.05) is 12.0 Å². The molecule has 1 aromatic carbocycles. The van der Waals surface area contributed by atoms with Crippen molar-refractivity contribution >= 4 is 49.8 Å². The Morgan fingerprint density at radius 2 is 2.03 bits per heavy atom. The zero-order valence-corrected chi connectivity index (χ0v) is 21.0. The summed E-state index contributed by atoms with van der Waals surface area (Å²) in [7, 11) is -3.37. The van der Waals surface area contributed by atoms with Gasteiger partial charge in [-0.1, -0.05) is 23.7 Å². The van der Waals surface area contributed by atoms with Gasteiger partial charge in [0.05, 0.1) is 22.7 Å². The molecule has 11 nitrogen and oxygen atoms in total. The number of rotatable bonds is 6. The summed E-state index contributed by atoms with van der Waals surface area (Å²) in [5.74, 6) is -0.445. The first kappa shape index (κ1) is 24.2. The molecular formula is C23H24ClN7O4S. The summed E-state index contributed by atoms with van der Waals surface area (Å²) in [6.07, 6.45) is 5.15. The number of nitrogens with one attached hydrogen (secondary N) is 2. The zero-order chi connectivity index (χ0) is 25.8. The van der Waals surface area contributed by atoms with Gasteiger partial charge in [0.25, 0.3) is 11.5 Å². The molecule has 0 spiro atoms. The molecule has 0 aliphatic heterocycles. The highest BCUT2D eigenvalue weighted by molar-refractivity contribution is 7.88. The summed E-state index contributed by atoms with van der Waals surface area (Å²) in [5.41, 5.74) is 6.72. The van der Waals surface area contributed by atoms with Gasteiger partial charge in [0.2, 0.25) is 10.0 Å². The van der Waals surface area contributed by atoms with Crippen molar-refractivity contribution in [3.8, 4) is 0 Å². The fourth-order valence-electron chi connectivity index (χ4n) is 4.73. The van der Waals surface area contributed by atoms with Gasteiger partial charge in [-0.3, -0.25) is 9.59 Å². The third-order valence-corrected chi connectivity index (χ3v) is 7.44. The lowest BCUT2D eigenvalue weighted by molar-refractivity contribution is 0.0939. The summed E-state index contributed by atoms with van der Waals surface area (Å²) < 4.78 is 28.9. The maximum Gasteiger partial charge on any atom is 0.260 e. The third-order valence-electron chi connectivity index (χ3n) is 6.36. The van der Waals surface area contributed by atoms with Crippen LogP contribution in [-0.4, -0.2) is 45.8 Å². The number of nitrogens with two attached hydrogens (primary N) is 1. The molecule has 1 saturated carbocycles. The number of carbonyl (C=O) groups excluding carboxylic acids is 1. The highest BCUT2D eigenvalue weighted by Gasteiger charge is 2.35. The van der Waals surface area contributed by atoms with Crippen molar-refractivity contribution in [3.63, 3.8) is 0 Å².